The third-order valence-corrected chi connectivity index (χ3v) is 14.0. The summed E-state index contributed by atoms with van der Waals surface area (Å²) in [5.74, 6) is 0. The Balaban J connectivity index is 1.06. The second-order valence-corrected chi connectivity index (χ2v) is 18.1. The molecule has 2 heterocycles. The Morgan fingerprint density at radius 2 is 0.934 bits per heavy atom. The predicted molar refractivity (Wildman–Crippen MR) is 254 cm³/mol. The van der Waals surface area contributed by atoms with E-state index < -0.39 is 0 Å². The highest BCUT2D eigenvalue weighted by Crippen LogP contribution is 2.54. The fourth-order valence-corrected chi connectivity index (χ4v) is 11.0. The molecule has 2 aromatic heterocycles. The van der Waals surface area contributed by atoms with E-state index in [0.717, 1.165) is 72.1 Å². The first-order valence-corrected chi connectivity index (χ1v) is 21.3. The second-order valence-electron chi connectivity index (χ2n) is 18.1. The number of anilines is 3. The molecule has 2 aliphatic carbocycles. The first-order chi connectivity index (χ1) is 29.7. The van der Waals surface area contributed by atoms with Gasteiger partial charge >= 0.3 is 0 Å². The number of furan rings is 2. The van der Waals surface area contributed by atoms with E-state index in [2.05, 4.69) is 202 Å². The minimum atomic E-state index is -0.142. The second kappa shape index (κ2) is 12.1. The summed E-state index contributed by atoms with van der Waals surface area (Å²) in [6.07, 6.45) is 0. The summed E-state index contributed by atoms with van der Waals surface area (Å²) < 4.78 is 13.7. The smallest absolute Gasteiger partial charge is 0.144 e. The van der Waals surface area contributed by atoms with Gasteiger partial charge < -0.3 is 13.7 Å². The van der Waals surface area contributed by atoms with Gasteiger partial charge in [0.05, 0.1) is 0 Å². The lowest BCUT2D eigenvalue weighted by molar-refractivity contribution is 0.660. The molecule has 11 aromatic rings. The summed E-state index contributed by atoms with van der Waals surface area (Å²) in [6.45, 7) is 9.43. The SMILES string of the molecule is CC1(C)c2ccccc2-c2ccc(N(c3ccc4c(c3)C(C)(C)c3ccccc3-4)c3ccc4oc5c(-c6ccc7ccccc7c6)c6c(cc5c4c3)oc3ccccc36)cc21. The van der Waals surface area contributed by atoms with Crippen molar-refractivity contribution < 1.29 is 8.83 Å². The van der Waals surface area contributed by atoms with Crippen LogP contribution in [0.4, 0.5) is 17.1 Å². The van der Waals surface area contributed by atoms with Crippen LogP contribution in [0.2, 0.25) is 0 Å². The maximum absolute atomic E-state index is 7.01. The highest BCUT2D eigenvalue weighted by Gasteiger charge is 2.38. The molecule has 0 saturated carbocycles. The van der Waals surface area contributed by atoms with Crippen LogP contribution in [-0.4, -0.2) is 0 Å². The zero-order valence-corrected chi connectivity index (χ0v) is 34.5. The molecule has 0 spiro atoms. The zero-order chi connectivity index (χ0) is 40.8. The first-order valence-electron chi connectivity index (χ1n) is 21.3. The normalized spacial score (nSPS) is 14.5. The molecule has 0 fully saturated rings. The Morgan fingerprint density at radius 1 is 0.377 bits per heavy atom. The summed E-state index contributed by atoms with van der Waals surface area (Å²) in [7, 11) is 0. The predicted octanol–water partition coefficient (Wildman–Crippen LogP) is 16.4. The monoisotopic (exact) mass is 783 g/mol. The van der Waals surface area contributed by atoms with Crippen LogP contribution in [0.15, 0.2) is 185 Å². The minimum Gasteiger partial charge on any atom is -0.456 e. The average molecular weight is 784 g/mol. The van der Waals surface area contributed by atoms with Crippen LogP contribution in [0.1, 0.15) is 49.9 Å². The van der Waals surface area contributed by atoms with Crippen LogP contribution >= 0.6 is 0 Å². The number of nitrogens with zero attached hydrogens (tertiary/aromatic N) is 1. The van der Waals surface area contributed by atoms with Crippen molar-refractivity contribution in [3.05, 3.63) is 198 Å². The summed E-state index contributed by atoms with van der Waals surface area (Å²) in [6, 6.07) is 64.4. The van der Waals surface area contributed by atoms with Gasteiger partial charge in [-0.2, -0.15) is 0 Å². The molecule has 0 saturated heterocycles. The van der Waals surface area contributed by atoms with Gasteiger partial charge in [0.25, 0.3) is 0 Å². The summed E-state index contributed by atoms with van der Waals surface area (Å²) in [5.41, 5.74) is 19.3. The topological polar surface area (TPSA) is 29.5 Å². The van der Waals surface area contributed by atoms with Gasteiger partial charge in [-0.15, -0.1) is 0 Å². The summed E-state index contributed by atoms with van der Waals surface area (Å²) in [5, 5.41) is 6.63. The molecule has 290 valence electrons. The van der Waals surface area contributed by atoms with Crippen LogP contribution in [0.5, 0.6) is 0 Å². The number of benzene rings is 9. The van der Waals surface area contributed by atoms with Crippen LogP contribution in [0.3, 0.4) is 0 Å². The van der Waals surface area contributed by atoms with Crippen molar-refractivity contribution in [2.75, 3.05) is 4.90 Å². The van der Waals surface area contributed by atoms with Crippen LogP contribution < -0.4 is 4.90 Å². The third kappa shape index (κ3) is 4.75. The number of fused-ring (bicyclic) bond motifs is 13. The van der Waals surface area contributed by atoms with Gasteiger partial charge in [0, 0.05) is 55.0 Å². The number of hydrogen-bond donors (Lipinski definition) is 0. The van der Waals surface area contributed by atoms with Crippen LogP contribution in [0, 0.1) is 0 Å². The molecular weight excluding hydrogens is 743 g/mol. The van der Waals surface area contributed by atoms with Crippen molar-refractivity contribution >= 4 is 71.7 Å². The quantitative estimate of drug-likeness (QED) is 0.178. The van der Waals surface area contributed by atoms with E-state index >= 15 is 0 Å². The molecule has 0 aliphatic heterocycles. The standard InChI is InChI=1S/C58H41NO2/c1-57(2)47-18-10-7-15-40(47)42-26-23-38(31-49(42)57)59(39-24-27-43-41-16-8-11-19-48(41)58(3,4)50(43)32-39)37-25-28-52-45(30-37)46-33-53-55(44-17-9-12-20-51(44)60-53)54(56(46)61-52)36-22-21-34-13-5-6-14-35(34)29-36/h5-33H,1-4H3. The fourth-order valence-electron chi connectivity index (χ4n) is 11.0. The van der Waals surface area contributed by atoms with Gasteiger partial charge in [-0.25, -0.2) is 0 Å². The zero-order valence-electron chi connectivity index (χ0n) is 34.5. The van der Waals surface area contributed by atoms with E-state index in [4.69, 9.17) is 8.83 Å². The molecule has 3 nitrogen and oxygen atoms in total. The van der Waals surface area contributed by atoms with E-state index in [0.29, 0.717) is 0 Å². The molecule has 0 bridgehead atoms. The minimum absolute atomic E-state index is 0.142. The van der Waals surface area contributed by atoms with Gasteiger partial charge in [-0.1, -0.05) is 143 Å². The van der Waals surface area contributed by atoms with Crippen LogP contribution in [0.25, 0.3) is 88.0 Å². The maximum Gasteiger partial charge on any atom is 0.144 e. The average Bonchev–Trinajstić information content (AvgIpc) is 3.98. The fraction of sp³-hybridized carbons (Fsp3) is 0.103. The molecule has 61 heavy (non-hydrogen) atoms. The Kier molecular flexibility index (Phi) is 6.85. The molecule has 0 atom stereocenters. The first kappa shape index (κ1) is 34.5. The Bertz CT molecular complexity index is 3560. The van der Waals surface area contributed by atoms with Crippen molar-refractivity contribution in [1.82, 2.24) is 0 Å². The van der Waals surface area contributed by atoms with Gasteiger partial charge in [0.1, 0.15) is 22.3 Å². The maximum atomic E-state index is 7.01. The molecule has 0 radical (unpaired) electrons. The summed E-state index contributed by atoms with van der Waals surface area (Å²) >= 11 is 0. The largest absolute Gasteiger partial charge is 0.456 e. The highest BCUT2D eigenvalue weighted by molar-refractivity contribution is 6.24. The molecule has 3 heteroatoms. The summed E-state index contributed by atoms with van der Waals surface area (Å²) in [4.78, 5) is 2.45. The third-order valence-electron chi connectivity index (χ3n) is 14.0. The van der Waals surface area contributed by atoms with Gasteiger partial charge in [-0.05, 0) is 122 Å². The molecule has 2 aliphatic rings. The molecular formula is C58H41NO2. The van der Waals surface area contributed by atoms with E-state index in [-0.39, 0.29) is 10.8 Å². The van der Waals surface area contributed by atoms with Gasteiger partial charge in [0.15, 0.2) is 0 Å². The van der Waals surface area contributed by atoms with E-state index in [9.17, 15) is 0 Å². The molecule has 0 amide bonds. The van der Waals surface area contributed by atoms with Crippen molar-refractivity contribution in [2.45, 2.75) is 38.5 Å². The van der Waals surface area contributed by atoms with Crippen molar-refractivity contribution in [1.29, 1.82) is 0 Å². The highest BCUT2D eigenvalue weighted by atomic mass is 16.3. The Labute approximate surface area is 354 Å². The number of rotatable bonds is 4. The van der Waals surface area contributed by atoms with Gasteiger partial charge in [0.2, 0.25) is 0 Å². The lowest BCUT2D eigenvalue weighted by Crippen LogP contribution is -2.18. The number of hydrogen-bond acceptors (Lipinski definition) is 3. The van der Waals surface area contributed by atoms with E-state index in [1.54, 1.807) is 0 Å². The Hall–Kier alpha value is -7.36. The van der Waals surface area contributed by atoms with Crippen molar-refractivity contribution in [3.63, 3.8) is 0 Å². The van der Waals surface area contributed by atoms with Crippen molar-refractivity contribution in [3.8, 4) is 33.4 Å². The van der Waals surface area contributed by atoms with Crippen molar-refractivity contribution in [2.24, 2.45) is 0 Å². The van der Waals surface area contributed by atoms with Gasteiger partial charge in [-0.3, -0.25) is 0 Å². The van der Waals surface area contributed by atoms with Crippen LogP contribution in [-0.2, 0) is 10.8 Å². The van der Waals surface area contributed by atoms with E-state index in [1.807, 2.05) is 6.07 Å². The van der Waals surface area contributed by atoms with E-state index in [1.165, 1.54) is 55.3 Å². The molecule has 13 rings (SSSR count). The molecule has 0 unspecified atom stereocenters. The molecule has 0 N–H and O–H groups in total. The lowest BCUT2D eigenvalue weighted by atomic mass is 9.82. The Morgan fingerprint density at radius 3 is 1.64 bits per heavy atom. The molecule has 9 aromatic carbocycles. The number of para-hydroxylation sites is 1. The lowest BCUT2D eigenvalue weighted by Gasteiger charge is -2.29.